The van der Waals surface area contributed by atoms with E-state index in [2.05, 4.69) is 10.4 Å². The maximum absolute atomic E-state index is 14.2. The van der Waals surface area contributed by atoms with E-state index >= 15 is 0 Å². The summed E-state index contributed by atoms with van der Waals surface area (Å²) >= 11 is 0. The van der Waals surface area contributed by atoms with Crippen LogP contribution in [0.15, 0.2) is 60.9 Å². The van der Waals surface area contributed by atoms with Crippen LogP contribution in [0.2, 0.25) is 0 Å². The van der Waals surface area contributed by atoms with Crippen LogP contribution in [0.3, 0.4) is 0 Å². The van der Waals surface area contributed by atoms with Crippen molar-refractivity contribution in [2.45, 2.75) is 6.10 Å². The number of aliphatic hydroxyl groups excluding tert-OH is 1. The van der Waals surface area contributed by atoms with Crippen molar-refractivity contribution < 1.29 is 18.7 Å². The van der Waals surface area contributed by atoms with E-state index in [1.165, 1.54) is 41.2 Å². The van der Waals surface area contributed by atoms with Crippen molar-refractivity contribution in [2.75, 3.05) is 6.54 Å². The van der Waals surface area contributed by atoms with Gasteiger partial charge in [0, 0.05) is 24.5 Å². The molecule has 128 valence electrons. The lowest BCUT2D eigenvalue weighted by Crippen LogP contribution is -2.28. The highest BCUT2D eigenvalue weighted by Crippen LogP contribution is 2.16. The van der Waals surface area contributed by atoms with Crippen LogP contribution in [0.1, 0.15) is 22.0 Å². The molecule has 5 nitrogen and oxygen atoms in total. The van der Waals surface area contributed by atoms with Gasteiger partial charge in [0.2, 0.25) is 0 Å². The molecule has 2 aromatic carbocycles. The van der Waals surface area contributed by atoms with E-state index in [1.807, 2.05) is 0 Å². The zero-order valence-corrected chi connectivity index (χ0v) is 13.1. The Morgan fingerprint density at radius 2 is 2.04 bits per heavy atom. The Hall–Kier alpha value is -3.06. The van der Waals surface area contributed by atoms with Gasteiger partial charge in [-0.15, -0.1) is 0 Å². The first-order valence-corrected chi connectivity index (χ1v) is 7.56. The SMILES string of the molecule is O=C(NCC(O)c1cccc(F)c1)c1ccc(-n2cccn2)c(F)c1. The number of aliphatic hydroxyl groups is 1. The van der Waals surface area contributed by atoms with Gasteiger partial charge < -0.3 is 10.4 Å². The summed E-state index contributed by atoms with van der Waals surface area (Å²) in [4.78, 5) is 12.1. The molecule has 0 saturated carbocycles. The molecule has 0 aliphatic carbocycles. The van der Waals surface area contributed by atoms with Crippen LogP contribution < -0.4 is 5.32 Å². The largest absolute Gasteiger partial charge is 0.387 e. The van der Waals surface area contributed by atoms with Crippen molar-refractivity contribution in [1.82, 2.24) is 15.1 Å². The van der Waals surface area contributed by atoms with E-state index in [0.717, 1.165) is 6.07 Å². The maximum atomic E-state index is 14.2. The fraction of sp³-hybridized carbons (Fsp3) is 0.111. The highest BCUT2D eigenvalue weighted by atomic mass is 19.1. The molecule has 0 spiro atoms. The summed E-state index contributed by atoms with van der Waals surface area (Å²) in [6.07, 6.45) is 2.05. The Labute approximate surface area is 142 Å². The summed E-state index contributed by atoms with van der Waals surface area (Å²) in [5.74, 6) is -1.61. The number of hydrogen-bond donors (Lipinski definition) is 2. The van der Waals surface area contributed by atoms with Gasteiger partial charge in [0.1, 0.15) is 17.3 Å². The highest BCUT2D eigenvalue weighted by Gasteiger charge is 2.14. The summed E-state index contributed by atoms with van der Waals surface area (Å²) in [5.41, 5.74) is 0.682. The average Bonchev–Trinajstić information content (AvgIpc) is 3.13. The number of amides is 1. The van der Waals surface area contributed by atoms with Gasteiger partial charge in [-0.2, -0.15) is 5.10 Å². The quantitative estimate of drug-likeness (QED) is 0.748. The second-order valence-electron chi connectivity index (χ2n) is 5.40. The monoisotopic (exact) mass is 343 g/mol. The van der Waals surface area contributed by atoms with Crippen molar-refractivity contribution in [3.8, 4) is 5.69 Å². The van der Waals surface area contributed by atoms with Crippen LogP contribution in [-0.2, 0) is 0 Å². The molecule has 1 aromatic heterocycles. The van der Waals surface area contributed by atoms with E-state index in [4.69, 9.17) is 0 Å². The molecule has 25 heavy (non-hydrogen) atoms. The van der Waals surface area contributed by atoms with Crippen LogP contribution in [0.5, 0.6) is 0 Å². The van der Waals surface area contributed by atoms with Gasteiger partial charge in [0.05, 0.1) is 6.10 Å². The molecular formula is C18H15F2N3O2. The van der Waals surface area contributed by atoms with Gasteiger partial charge in [-0.1, -0.05) is 12.1 Å². The molecule has 1 unspecified atom stereocenters. The van der Waals surface area contributed by atoms with E-state index in [1.54, 1.807) is 18.3 Å². The number of carbonyl (C=O) groups is 1. The Kier molecular flexibility index (Phi) is 4.85. The number of nitrogens with one attached hydrogen (secondary N) is 1. The number of benzene rings is 2. The number of rotatable bonds is 5. The first-order valence-electron chi connectivity index (χ1n) is 7.56. The van der Waals surface area contributed by atoms with Crippen LogP contribution in [0.4, 0.5) is 8.78 Å². The molecule has 0 saturated heterocycles. The number of carbonyl (C=O) groups excluding carboxylic acids is 1. The molecule has 7 heteroatoms. The normalized spacial score (nSPS) is 12.0. The molecule has 3 aromatic rings. The summed E-state index contributed by atoms with van der Waals surface area (Å²) in [6, 6.07) is 11.1. The third-order valence-corrected chi connectivity index (χ3v) is 3.65. The topological polar surface area (TPSA) is 67.2 Å². The van der Waals surface area contributed by atoms with E-state index in [0.29, 0.717) is 5.56 Å². The first-order chi connectivity index (χ1) is 12.0. The average molecular weight is 343 g/mol. The summed E-state index contributed by atoms with van der Waals surface area (Å²) < 4.78 is 28.6. The lowest BCUT2D eigenvalue weighted by Gasteiger charge is -2.13. The molecule has 0 aliphatic rings. The molecule has 0 radical (unpaired) electrons. The molecule has 2 N–H and O–H groups in total. The minimum Gasteiger partial charge on any atom is -0.387 e. The lowest BCUT2D eigenvalue weighted by atomic mass is 10.1. The Balaban J connectivity index is 1.66. The van der Waals surface area contributed by atoms with Gasteiger partial charge >= 0.3 is 0 Å². The predicted octanol–water partition coefficient (Wildman–Crippen LogP) is 2.61. The lowest BCUT2D eigenvalue weighted by molar-refractivity contribution is 0.0916. The molecule has 0 fully saturated rings. The van der Waals surface area contributed by atoms with E-state index < -0.39 is 23.6 Å². The Morgan fingerprint density at radius 3 is 2.72 bits per heavy atom. The van der Waals surface area contributed by atoms with Gasteiger partial charge in [-0.05, 0) is 42.0 Å². The highest BCUT2D eigenvalue weighted by molar-refractivity contribution is 5.94. The standard InChI is InChI=1S/C18H15F2N3O2/c19-14-4-1-3-12(9-14)17(24)11-21-18(25)13-5-6-16(15(20)10-13)23-8-2-7-22-23/h1-10,17,24H,11H2,(H,21,25). The molecule has 1 amide bonds. The molecule has 0 aliphatic heterocycles. The van der Waals surface area contributed by atoms with Gasteiger partial charge in [0.25, 0.3) is 5.91 Å². The van der Waals surface area contributed by atoms with Crippen molar-refractivity contribution in [3.05, 3.63) is 83.7 Å². The zero-order chi connectivity index (χ0) is 17.8. The number of hydrogen-bond acceptors (Lipinski definition) is 3. The summed E-state index contributed by atoms with van der Waals surface area (Å²) in [5, 5.41) is 16.4. The maximum Gasteiger partial charge on any atom is 0.251 e. The summed E-state index contributed by atoms with van der Waals surface area (Å²) in [7, 11) is 0. The van der Waals surface area contributed by atoms with Crippen LogP contribution >= 0.6 is 0 Å². The summed E-state index contributed by atoms with van der Waals surface area (Å²) in [6.45, 7) is -0.120. The molecule has 1 atom stereocenters. The Morgan fingerprint density at radius 1 is 1.20 bits per heavy atom. The number of aromatic nitrogens is 2. The van der Waals surface area contributed by atoms with Crippen molar-refractivity contribution >= 4 is 5.91 Å². The molecule has 1 heterocycles. The minimum atomic E-state index is -1.06. The Bertz CT molecular complexity index is 882. The fourth-order valence-electron chi connectivity index (χ4n) is 2.37. The minimum absolute atomic E-state index is 0.111. The van der Waals surface area contributed by atoms with Crippen LogP contribution in [-0.4, -0.2) is 27.3 Å². The predicted molar refractivity (Wildman–Crippen MR) is 87.2 cm³/mol. The van der Waals surface area contributed by atoms with Gasteiger partial charge in [0.15, 0.2) is 0 Å². The zero-order valence-electron chi connectivity index (χ0n) is 13.1. The third-order valence-electron chi connectivity index (χ3n) is 3.65. The second-order valence-corrected chi connectivity index (χ2v) is 5.40. The second kappa shape index (κ2) is 7.23. The third kappa shape index (κ3) is 3.89. The van der Waals surface area contributed by atoms with Gasteiger partial charge in [-0.25, -0.2) is 13.5 Å². The van der Waals surface area contributed by atoms with Crippen LogP contribution in [0.25, 0.3) is 5.69 Å². The fourth-order valence-corrected chi connectivity index (χ4v) is 2.37. The van der Waals surface area contributed by atoms with Crippen molar-refractivity contribution in [3.63, 3.8) is 0 Å². The number of nitrogens with zero attached hydrogens (tertiary/aromatic N) is 2. The first kappa shape index (κ1) is 16.8. The smallest absolute Gasteiger partial charge is 0.251 e. The van der Waals surface area contributed by atoms with Crippen molar-refractivity contribution in [2.24, 2.45) is 0 Å². The van der Waals surface area contributed by atoms with Crippen molar-refractivity contribution in [1.29, 1.82) is 0 Å². The molecule has 3 rings (SSSR count). The number of halogens is 2. The van der Waals surface area contributed by atoms with E-state index in [-0.39, 0.29) is 17.8 Å². The molecule has 0 bridgehead atoms. The van der Waals surface area contributed by atoms with E-state index in [9.17, 15) is 18.7 Å². The van der Waals surface area contributed by atoms with Gasteiger partial charge in [-0.3, -0.25) is 4.79 Å². The van der Waals surface area contributed by atoms with Crippen LogP contribution in [0, 0.1) is 11.6 Å². The molecular weight excluding hydrogens is 328 g/mol.